The summed E-state index contributed by atoms with van der Waals surface area (Å²) < 4.78 is 0. The number of hydrogen-bond acceptors (Lipinski definition) is 2. The highest BCUT2D eigenvalue weighted by Crippen LogP contribution is 2.54. The van der Waals surface area contributed by atoms with Crippen LogP contribution in [0, 0.1) is 0 Å². The molecule has 2 aliphatic carbocycles. The van der Waals surface area contributed by atoms with Crippen molar-refractivity contribution >= 4 is 0 Å². The van der Waals surface area contributed by atoms with E-state index < -0.39 is 0 Å². The van der Waals surface area contributed by atoms with Crippen molar-refractivity contribution in [3.05, 3.63) is 28.8 Å². The zero-order chi connectivity index (χ0) is 11.3. The number of benzene rings is 1. The Balaban J connectivity index is 2.10. The molecule has 3 N–H and O–H groups in total. The fraction of sp³-hybridized carbons (Fsp3) is 0.571. The number of aryl methyl sites for hydroxylation is 1. The largest absolute Gasteiger partial charge is 0.507 e. The van der Waals surface area contributed by atoms with Gasteiger partial charge in [-0.15, -0.1) is 0 Å². The van der Waals surface area contributed by atoms with Gasteiger partial charge >= 0.3 is 0 Å². The molecule has 2 heteroatoms. The fourth-order valence-electron chi connectivity index (χ4n) is 3.15. The van der Waals surface area contributed by atoms with E-state index in [0.29, 0.717) is 5.75 Å². The average Bonchev–Trinajstić information content (AvgIpc) is 2.90. The van der Waals surface area contributed by atoms with Gasteiger partial charge in [-0.05, 0) is 50.2 Å². The Kier molecular flexibility index (Phi) is 2.05. The number of fused-ring (bicyclic) bond motifs is 1. The Hall–Kier alpha value is -1.02. The van der Waals surface area contributed by atoms with Gasteiger partial charge in [-0.2, -0.15) is 0 Å². The Bertz CT molecular complexity index is 433. The molecular formula is C14H19NO. The minimum absolute atomic E-state index is 0.0711. The number of hydrogen-bond donors (Lipinski definition) is 2. The standard InChI is InChI=1S/C14H19NO/c1-9(15)14(7-8-14)12-6-5-10-3-2-4-11(10)13(12)16/h5-6,9,16H,2-4,7-8,15H2,1H3. The van der Waals surface area contributed by atoms with E-state index in [-0.39, 0.29) is 11.5 Å². The highest BCUT2D eigenvalue weighted by atomic mass is 16.3. The second-order valence-corrected chi connectivity index (χ2v) is 5.40. The van der Waals surface area contributed by atoms with Crippen LogP contribution in [0.25, 0.3) is 0 Å². The predicted molar refractivity (Wildman–Crippen MR) is 64.7 cm³/mol. The van der Waals surface area contributed by atoms with E-state index in [4.69, 9.17) is 5.73 Å². The normalized spacial score (nSPS) is 22.9. The molecule has 0 heterocycles. The topological polar surface area (TPSA) is 46.2 Å². The summed E-state index contributed by atoms with van der Waals surface area (Å²) in [6, 6.07) is 4.44. The molecule has 0 saturated heterocycles. The summed E-state index contributed by atoms with van der Waals surface area (Å²) in [6.45, 7) is 2.06. The molecule has 0 spiro atoms. The van der Waals surface area contributed by atoms with Crippen molar-refractivity contribution in [1.29, 1.82) is 0 Å². The minimum atomic E-state index is 0.0711. The molecule has 1 aromatic rings. The first-order valence-corrected chi connectivity index (χ1v) is 6.25. The lowest BCUT2D eigenvalue weighted by Gasteiger charge is -2.22. The third kappa shape index (κ3) is 1.23. The summed E-state index contributed by atoms with van der Waals surface area (Å²) in [5, 5.41) is 10.4. The monoisotopic (exact) mass is 217 g/mol. The Morgan fingerprint density at radius 3 is 2.69 bits per heavy atom. The van der Waals surface area contributed by atoms with Crippen LogP contribution < -0.4 is 5.73 Å². The zero-order valence-electron chi connectivity index (χ0n) is 9.79. The molecule has 1 fully saturated rings. The van der Waals surface area contributed by atoms with Gasteiger partial charge in [-0.25, -0.2) is 0 Å². The minimum Gasteiger partial charge on any atom is -0.507 e. The van der Waals surface area contributed by atoms with E-state index in [1.54, 1.807) is 0 Å². The maximum atomic E-state index is 10.4. The molecular weight excluding hydrogens is 198 g/mol. The van der Waals surface area contributed by atoms with Crippen LogP contribution in [0.5, 0.6) is 5.75 Å². The van der Waals surface area contributed by atoms with Gasteiger partial charge < -0.3 is 10.8 Å². The molecule has 1 atom stereocenters. The second kappa shape index (κ2) is 3.24. The zero-order valence-corrected chi connectivity index (χ0v) is 9.79. The first-order valence-electron chi connectivity index (χ1n) is 6.25. The van der Waals surface area contributed by atoms with Crippen molar-refractivity contribution in [2.75, 3.05) is 0 Å². The van der Waals surface area contributed by atoms with E-state index in [0.717, 1.165) is 31.2 Å². The summed E-state index contributed by atoms with van der Waals surface area (Å²) in [4.78, 5) is 0. The van der Waals surface area contributed by atoms with E-state index in [9.17, 15) is 5.11 Å². The van der Waals surface area contributed by atoms with Crippen LogP contribution in [0.1, 0.15) is 42.9 Å². The number of phenols is 1. The molecule has 3 rings (SSSR count). The first-order chi connectivity index (χ1) is 7.65. The highest BCUT2D eigenvalue weighted by Gasteiger charge is 2.49. The maximum absolute atomic E-state index is 10.4. The Morgan fingerprint density at radius 2 is 2.06 bits per heavy atom. The van der Waals surface area contributed by atoms with Crippen molar-refractivity contribution in [1.82, 2.24) is 0 Å². The first kappa shape index (κ1) is 10.2. The number of aromatic hydroxyl groups is 1. The molecule has 2 nitrogen and oxygen atoms in total. The Labute approximate surface area is 96.5 Å². The van der Waals surface area contributed by atoms with Gasteiger partial charge in [0.15, 0.2) is 0 Å². The van der Waals surface area contributed by atoms with Gasteiger partial charge in [0.1, 0.15) is 5.75 Å². The van der Waals surface area contributed by atoms with Crippen LogP contribution in [0.3, 0.4) is 0 Å². The van der Waals surface area contributed by atoms with Crippen LogP contribution in [0.4, 0.5) is 0 Å². The van der Waals surface area contributed by atoms with Crippen LogP contribution in [0.2, 0.25) is 0 Å². The van der Waals surface area contributed by atoms with Crippen molar-refractivity contribution in [3.63, 3.8) is 0 Å². The quantitative estimate of drug-likeness (QED) is 0.798. The third-order valence-corrected chi connectivity index (χ3v) is 4.45. The molecule has 16 heavy (non-hydrogen) atoms. The van der Waals surface area contributed by atoms with Gasteiger partial charge in [0.2, 0.25) is 0 Å². The van der Waals surface area contributed by atoms with Crippen molar-refractivity contribution in [2.24, 2.45) is 5.73 Å². The predicted octanol–water partition coefficient (Wildman–Crippen LogP) is 2.26. The molecule has 0 aromatic heterocycles. The number of nitrogens with two attached hydrogens (primary N) is 1. The van der Waals surface area contributed by atoms with Crippen molar-refractivity contribution in [2.45, 2.75) is 50.5 Å². The van der Waals surface area contributed by atoms with E-state index in [1.165, 1.54) is 17.5 Å². The number of rotatable bonds is 2. The second-order valence-electron chi connectivity index (χ2n) is 5.40. The maximum Gasteiger partial charge on any atom is 0.122 e. The average molecular weight is 217 g/mol. The van der Waals surface area contributed by atoms with Crippen LogP contribution in [-0.4, -0.2) is 11.1 Å². The summed E-state index contributed by atoms with van der Waals surface area (Å²) in [5.74, 6) is 0.546. The summed E-state index contributed by atoms with van der Waals surface area (Å²) in [6.07, 6.45) is 5.57. The van der Waals surface area contributed by atoms with Gasteiger partial charge in [-0.1, -0.05) is 12.1 Å². The highest BCUT2D eigenvalue weighted by molar-refractivity contribution is 5.53. The van der Waals surface area contributed by atoms with Crippen molar-refractivity contribution in [3.8, 4) is 5.75 Å². The van der Waals surface area contributed by atoms with Crippen LogP contribution in [-0.2, 0) is 18.3 Å². The molecule has 1 saturated carbocycles. The van der Waals surface area contributed by atoms with E-state index in [2.05, 4.69) is 19.1 Å². The summed E-state index contributed by atoms with van der Waals surface area (Å²) in [7, 11) is 0. The van der Waals surface area contributed by atoms with E-state index in [1.807, 2.05) is 0 Å². The molecule has 0 aliphatic heterocycles. The number of phenolic OH excluding ortho intramolecular Hbond substituents is 1. The summed E-state index contributed by atoms with van der Waals surface area (Å²) in [5.41, 5.74) is 9.76. The summed E-state index contributed by atoms with van der Waals surface area (Å²) >= 11 is 0. The van der Waals surface area contributed by atoms with Gasteiger partial charge in [0.25, 0.3) is 0 Å². The SMILES string of the molecule is CC(N)C1(c2ccc3c(c2O)CCC3)CC1. The van der Waals surface area contributed by atoms with Gasteiger partial charge in [0, 0.05) is 17.0 Å². The molecule has 2 aliphatic rings. The Morgan fingerprint density at radius 1 is 1.31 bits per heavy atom. The van der Waals surface area contributed by atoms with Gasteiger partial charge in [-0.3, -0.25) is 0 Å². The molecule has 86 valence electrons. The van der Waals surface area contributed by atoms with E-state index >= 15 is 0 Å². The molecule has 0 radical (unpaired) electrons. The van der Waals surface area contributed by atoms with Gasteiger partial charge in [0.05, 0.1) is 0 Å². The third-order valence-electron chi connectivity index (χ3n) is 4.45. The molecule has 1 aromatic carbocycles. The lowest BCUT2D eigenvalue weighted by atomic mass is 9.86. The van der Waals surface area contributed by atoms with Crippen molar-refractivity contribution < 1.29 is 5.11 Å². The lowest BCUT2D eigenvalue weighted by molar-refractivity contribution is 0.441. The molecule has 0 bridgehead atoms. The fourth-order valence-corrected chi connectivity index (χ4v) is 3.15. The molecule has 0 amide bonds. The smallest absolute Gasteiger partial charge is 0.122 e. The van der Waals surface area contributed by atoms with Crippen LogP contribution >= 0.6 is 0 Å². The molecule has 1 unspecified atom stereocenters. The van der Waals surface area contributed by atoms with Crippen LogP contribution in [0.15, 0.2) is 12.1 Å². The lowest BCUT2D eigenvalue weighted by Crippen LogP contribution is -2.31.